The lowest BCUT2D eigenvalue weighted by Gasteiger charge is -2.13. The molecule has 138 valence electrons. The molecule has 2 N–H and O–H groups in total. The molecule has 7 heteroatoms. The van der Waals surface area contributed by atoms with Crippen molar-refractivity contribution in [2.24, 2.45) is 5.10 Å². The summed E-state index contributed by atoms with van der Waals surface area (Å²) in [7, 11) is 4.73. The minimum Gasteiger partial charge on any atom is -0.496 e. The zero-order valence-corrected chi connectivity index (χ0v) is 16.4. The Morgan fingerprint density at radius 3 is 2.12 bits per heavy atom. The third kappa shape index (κ3) is 4.64. The molecule has 0 saturated heterocycles. The predicted molar refractivity (Wildman–Crippen MR) is 109 cm³/mol. The normalized spacial score (nSPS) is 10.5. The molecule has 0 radical (unpaired) electrons. The van der Waals surface area contributed by atoms with Gasteiger partial charge < -0.3 is 19.5 Å². The third-order valence-electron chi connectivity index (χ3n) is 3.83. The molecule has 0 aliphatic heterocycles. The van der Waals surface area contributed by atoms with Crippen LogP contribution in [0.15, 0.2) is 35.4 Å². The van der Waals surface area contributed by atoms with E-state index in [-0.39, 0.29) is 0 Å². The highest BCUT2D eigenvalue weighted by atomic mass is 32.1. The van der Waals surface area contributed by atoms with E-state index in [0.717, 1.165) is 22.4 Å². The van der Waals surface area contributed by atoms with Crippen LogP contribution in [0.3, 0.4) is 0 Å². The Labute approximate surface area is 159 Å². The fourth-order valence-electron chi connectivity index (χ4n) is 2.47. The Kier molecular flexibility index (Phi) is 6.80. The van der Waals surface area contributed by atoms with Gasteiger partial charge in [0.15, 0.2) is 16.6 Å². The van der Waals surface area contributed by atoms with Gasteiger partial charge in [-0.05, 0) is 43.3 Å². The van der Waals surface area contributed by atoms with Crippen LogP contribution in [-0.4, -0.2) is 32.7 Å². The Balaban J connectivity index is 2.11. The summed E-state index contributed by atoms with van der Waals surface area (Å²) in [6, 6.07) is 9.58. The van der Waals surface area contributed by atoms with E-state index in [1.807, 2.05) is 32.0 Å². The molecule has 0 atom stereocenters. The molecular weight excluding hydrogens is 350 g/mol. The molecule has 26 heavy (non-hydrogen) atoms. The third-order valence-corrected chi connectivity index (χ3v) is 4.02. The summed E-state index contributed by atoms with van der Waals surface area (Å²) in [6.45, 7) is 4.05. The number of nitrogens with zero attached hydrogens (tertiary/aromatic N) is 1. The second-order valence-electron chi connectivity index (χ2n) is 5.54. The molecule has 0 aliphatic rings. The van der Waals surface area contributed by atoms with E-state index in [2.05, 4.69) is 15.8 Å². The number of rotatable bonds is 6. The van der Waals surface area contributed by atoms with Gasteiger partial charge in [-0.15, -0.1) is 0 Å². The van der Waals surface area contributed by atoms with Crippen LogP contribution in [0.5, 0.6) is 17.2 Å². The standard InChI is InChI=1S/C19H23N3O3S/c1-12-7-6-8-13(2)18(12)21-19(26)22-20-11-14-9-16(24-4)17(25-5)10-15(14)23-3/h6-11H,1-5H3,(H2,21,22,26). The minimum atomic E-state index is 0.401. The predicted octanol–water partition coefficient (Wildman–Crippen LogP) is 3.65. The smallest absolute Gasteiger partial charge is 0.191 e. The van der Waals surface area contributed by atoms with E-state index >= 15 is 0 Å². The van der Waals surface area contributed by atoms with Gasteiger partial charge in [-0.3, -0.25) is 5.43 Å². The number of ether oxygens (including phenoxy) is 3. The van der Waals surface area contributed by atoms with E-state index in [1.54, 1.807) is 39.7 Å². The van der Waals surface area contributed by atoms with Crippen LogP contribution in [0, 0.1) is 13.8 Å². The number of anilines is 1. The van der Waals surface area contributed by atoms with Gasteiger partial charge in [0.2, 0.25) is 0 Å². The zero-order chi connectivity index (χ0) is 19.1. The van der Waals surface area contributed by atoms with Gasteiger partial charge in [-0.2, -0.15) is 5.10 Å². The number of methoxy groups -OCH3 is 3. The monoisotopic (exact) mass is 373 g/mol. The largest absolute Gasteiger partial charge is 0.496 e. The van der Waals surface area contributed by atoms with Crippen molar-refractivity contribution < 1.29 is 14.2 Å². The number of thiocarbonyl (C=S) groups is 1. The van der Waals surface area contributed by atoms with E-state index in [4.69, 9.17) is 26.4 Å². The number of aryl methyl sites for hydroxylation is 2. The van der Waals surface area contributed by atoms with Crippen molar-refractivity contribution in [1.29, 1.82) is 0 Å². The first-order chi connectivity index (χ1) is 12.5. The summed E-state index contributed by atoms with van der Waals surface area (Å²) in [4.78, 5) is 0. The highest BCUT2D eigenvalue weighted by Gasteiger charge is 2.10. The Hall–Kier alpha value is -2.80. The molecule has 2 rings (SSSR count). The van der Waals surface area contributed by atoms with Crippen LogP contribution in [0.4, 0.5) is 5.69 Å². The maximum absolute atomic E-state index is 5.37. The summed E-state index contributed by atoms with van der Waals surface area (Å²) >= 11 is 5.31. The van der Waals surface area contributed by atoms with Crippen LogP contribution in [0.25, 0.3) is 0 Å². The molecule has 0 amide bonds. The number of hydrazone groups is 1. The number of hydrogen-bond donors (Lipinski definition) is 2. The molecule has 2 aromatic rings. The highest BCUT2D eigenvalue weighted by Crippen LogP contribution is 2.33. The zero-order valence-electron chi connectivity index (χ0n) is 15.5. The van der Waals surface area contributed by atoms with Gasteiger partial charge in [-0.25, -0.2) is 0 Å². The van der Waals surface area contributed by atoms with E-state index in [9.17, 15) is 0 Å². The number of para-hydroxylation sites is 1. The summed E-state index contributed by atoms with van der Waals surface area (Å²) in [5.41, 5.74) is 6.74. The maximum atomic E-state index is 5.37. The summed E-state index contributed by atoms with van der Waals surface area (Å²) in [5.74, 6) is 1.79. The molecule has 0 saturated carbocycles. The van der Waals surface area contributed by atoms with Crippen LogP contribution in [0.2, 0.25) is 0 Å². The molecule has 0 aliphatic carbocycles. The van der Waals surface area contributed by atoms with Gasteiger partial charge in [-0.1, -0.05) is 18.2 Å². The maximum Gasteiger partial charge on any atom is 0.191 e. The van der Waals surface area contributed by atoms with Crippen LogP contribution in [-0.2, 0) is 0 Å². The molecule has 0 spiro atoms. The average molecular weight is 373 g/mol. The number of nitrogens with one attached hydrogen (secondary N) is 2. The molecule has 0 bridgehead atoms. The van der Waals surface area contributed by atoms with Crippen molar-refractivity contribution in [2.75, 3.05) is 26.6 Å². The Morgan fingerprint density at radius 2 is 1.54 bits per heavy atom. The van der Waals surface area contributed by atoms with Crippen LogP contribution < -0.4 is 25.0 Å². The van der Waals surface area contributed by atoms with Crippen molar-refractivity contribution in [3.63, 3.8) is 0 Å². The first-order valence-electron chi connectivity index (χ1n) is 7.96. The van der Waals surface area contributed by atoms with Crippen molar-refractivity contribution in [3.05, 3.63) is 47.0 Å². The van der Waals surface area contributed by atoms with Gasteiger partial charge in [0.05, 0.1) is 27.5 Å². The topological polar surface area (TPSA) is 64.1 Å². The van der Waals surface area contributed by atoms with Gasteiger partial charge in [0.1, 0.15) is 5.75 Å². The lowest BCUT2D eigenvalue weighted by Crippen LogP contribution is -2.24. The first-order valence-corrected chi connectivity index (χ1v) is 8.37. The lowest BCUT2D eigenvalue weighted by atomic mass is 10.1. The summed E-state index contributed by atoms with van der Waals surface area (Å²) < 4.78 is 15.9. The quantitative estimate of drug-likeness (QED) is 0.458. The molecule has 6 nitrogen and oxygen atoms in total. The molecule has 0 fully saturated rings. The first kappa shape index (κ1) is 19.5. The van der Waals surface area contributed by atoms with Gasteiger partial charge in [0, 0.05) is 17.3 Å². The lowest BCUT2D eigenvalue weighted by molar-refractivity contribution is 0.349. The number of hydrogen-bond acceptors (Lipinski definition) is 5. The van der Waals surface area contributed by atoms with Crippen LogP contribution in [0.1, 0.15) is 16.7 Å². The highest BCUT2D eigenvalue weighted by molar-refractivity contribution is 7.80. The van der Waals surface area contributed by atoms with E-state index in [1.165, 1.54) is 0 Å². The SMILES string of the molecule is COc1cc(OC)c(OC)cc1C=NNC(=S)Nc1c(C)cccc1C. The Bertz CT molecular complexity index is 802. The summed E-state index contributed by atoms with van der Waals surface area (Å²) in [5, 5.41) is 7.75. The van der Waals surface area contributed by atoms with Gasteiger partial charge in [0.25, 0.3) is 0 Å². The fourth-order valence-corrected chi connectivity index (χ4v) is 2.62. The number of benzene rings is 2. The fraction of sp³-hybridized carbons (Fsp3) is 0.263. The van der Waals surface area contributed by atoms with Crippen molar-refractivity contribution >= 4 is 29.2 Å². The van der Waals surface area contributed by atoms with Crippen molar-refractivity contribution in [1.82, 2.24) is 5.43 Å². The van der Waals surface area contributed by atoms with Crippen molar-refractivity contribution in [2.45, 2.75) is 13.8 Å². The Morgan fingerprint density at radius 1 is 0.962 bits per heavy atom. The van der Waals surface area contributed by atoms with E-state index in [0.29, 0.717) is 22.4 Å². The minimum absolute atomic E-state index is 0.401. The average Bonchev–Trinajstić information content (AvgIpc) is 2.64. The van der Waals surface area contributed by atoms with Gasteiger partial charge >= 0.3 is 0 Å². The molecular formula is C19H23N3O3S. The molecule has 2 aromatic carbocycles. The molecule has 0 heterocycles. The van der Waals surface area contributed by atoms with E-state index < -0.39 is 0 Å². The van der Waals surface area contributed by atoms with Crippen LogP contribution >= 0.6 is 12.2 Å². The molecule has 0 unspecified atom stereocenters. The molecule has 0 aromatic heterocycles. The second kappa shape index (κ2) is 9.05. The van der Waals surface area contributed by atoms with Crippen molar-refractivity contribution in [3.8, 4) is 17.2 Å². The summed E-state index contributed by atoms with van der Waals surface area (Å²) in [6.07, 6.45) is 1.61. The second-order valence-corrected chi connectivity index (χ2v) is 5.95.